The number of fused-ring (bicyclic) bond motifs is 2. The van der Waals surface area contributed by atoms with Gasteiger partial charge in [-0.1, -0.05) is 25.5 Å². The maximum absolute atomic E-state index is 12.5. The Morgan fingerprint density at radius 2 is 1.75 bits per heavy atom. The minimum absolute atomic E-state index is 0.305. The van der Waals surface area contributed by atoms with Gasteiger partial charge < -0.3 is 4.42 Å². The highest BCUT2D eigenvalue weighted by Crippen LogP contribution is 2.30. The molecule has 2 aromatic carbocycles. The first-order valence-corrected chi connectivity index (χ1v) is 8.06. The number of aromatic nitrogens is 1. The van der Waals surface area contributed by atoms with E-state index in [1.54, 1.807) is 42.5 Å². The summed E-state index contributed by atoms with van der Waals surface area (Å²) in [7, 11) is 0. The molecule has 1 aliphatic rings. The summed E-state index contributed by atoms with van der Waals surface area (Å²) < 4.78 is 5.76. The van der Waals surface area contributed by atoms with E-state index in [9.17, 15) is 9.59 Å². The molecule has 0 atom stereocenters. The summed E-state index contributed by atoms with van der Waals surface area (Å²) in [4.78, 5) is 30.7. The third kappa shape index (κ3) is 2.21. The van der Waals surface area contributed by atoms with Crippen molar-refractivity contribution in [3.8, 4) is 0 Å². The van der Waals surface area contributed by atoms with Crippen molar-refractivity contribution in [2.24, 2.45) is 0 Å². The minimum Gasteiger partial charge on any atom is -0.441 e. The van der Waals surface area contributed by atoms with Crippen LogP contribution >= 0.6 is 0 Å². The topological polar surface area (TPSA) is 63.4 Å². The molecule has 5 nitrogen and oxygen atoms in total. The molecule has 0 bridgehead atoms. The molecular weight excluding hydrogens is 304 g/mol. The Labute approximate surface area is 138 Å². The molecule has 1 aromatic heterocycles. The number of oxazole rings is 1. The maximum Gasteiger partial charge on any atom is 0.266 e. The van der Waals surface area contributed by atoms with Crippen LogP contribution in [0.4, 0.5) is 5.69 Å². The summed E-state index contributed by atoms with van der Waals surface area (Å²) >= 11 is 0. The van der Waals surface area contributed by atoms with Crippen molar-refractivity contribution in [1.82, 2.24) is 4.98 Å². The Balaban J connectivity index is 1.72. The first kappa shape index (κ1) is 14.6. The van der Waals surface area contributed by atoms with Gasteiger partial charge >= 0.3 is 0 Å². The molecule has 0 aliphatic carbocycles. The lowest BCUT2D eigenvalue weighted by Gasteiger charge is -2.13. The fourth-order valence-corrected chi connectivity index (χ4v) is 2.96. The van der Waals surface area contributed by atoms with E-state index in [1.165, 1.54) is 4.90 Å². The summed E-state index contributed by atoms with van der Waals surface area (Å²) in [5, 5.41) is 0. The van der Waals surface area contributed by atoms with Crippen LogP contribution in [0.25, 0.3) is 11.1 Å². The van der Waals surface area contributed by atoms with Crippen molar-refractivity contribution in [3.63, 3.8) is 0 Å². The summed E-state index contributed by atoms with van der Waals surface area (Å²) in [5.41, 5.74) is 2.70. The highest BCUT2D eigenvalue weighted by molar-refractivity contribution is 6.34. The van der Waals surface area contributed by atoms with Crippen LogP contribution in [0.2, 0.25) is 0 Å². The van der Waals surface area contributed by atoms with Gasteiger partial charge in [-0.15, -0.1) is 0 Å². The van der Waals surface area contributed by atoms with Gasteiger partial charge in [0, 0.05) is 12.5 Å². The van der Waals surface area contributed by atoms with Gasteiger partial charge in [0.05, 0.1) is 16.8 Å². The number of carbonyl (C=O) groups is 2. The number of anilines is 1. The van der Waals surface area contributed by atoms with Gasteiger partial charge in [-0.3, -0.25) is 9.59 Å². The highest BCUT2D eigenvalue weighted by Gasteiger charge is 2.36. The second kappa shape index (κ2) is 5.60. The zero-order chi connectivity index (χ0) is 16.7. The van der Waals surface area contributed by atoms with Gasteiger partial charge in [0.15, 0.2) is 11.5 Å². The fourth-order valence-electron chi connectivity index (χ4n) is 2.96. The zero-order valence-corrected chi connectivity index (χ0v) is 13.3. The maximum atomic E-state index is 12.5. The average Bonchev–Trinajstić information content (AvgIpc) is 3.12. The number of rotatable bonds is 4. The van der Waals surface area contributed by atoms with Crippen LogP contribution in [0.15, 0.2) is 46.9 Å². The van der Waals surface area contributed by atoms with E-state index in [0.29, 0.717) is 28.3 Å². The molecule has 0 fully saturated rings. The zero-order valence-electron chi connectivity index (χ0n) is 13.3. The van der Waals surface area contributed by atoms with Crippen LogP contribution in [0, 0.1) is 0 Å². The number of unbranched alkanes of at least 4 members (excludes halogenated alkanes) is 1. The Bertz CT molecular complexity index is 923. The standard InChI is InChI=1S/C19H16N2O3/c1-2-3-8-17-20-15-10-9-12(11-16(15)24-17)21-18(22)13-6-4-5-7-14(13)19(21)23/h4-7,9-11H,2-3,8H2,1H3. The molecule has 120 valence electrons. The molecule has 0 unspecified atom stereocenters. The summed E-state index contributed by atoms with van der Waals surface area (Å²) in [6.45, 7) is 2.11. The van der Waals surface area contributed by atoms with Crippen LogP contribution in [0.3, 0.4) is 0 Å². The van der Waals surface area contributed by atoms with E-state index in [-0.39, 0.29) is 11.8 Å². The largest absolute Gasteiger partial charge is 0.441 e. The van der Waals surface area contributed by atoms with E-state index in [4.69, 9.17) is 4.42 Å². The summed E-state index contributed by atoms with van der Waals surface area (Å²) in [5.74, 6) is 0.0766. The predicted octanol–water partition coefficient (Wildman–Crippen LogP) is 3.97. The van der Waals surface area contributed by atoms with E-state index in [0.717, 1.165) is 24.8 Å². The van der Waals surface area contributed by atoms with E-state index in [1.807, 2.05) is 0 Å². The SMILES string of the molecule is CCCCc1nc2ccc(N3C(=O)c4ccccc4C3=O)cc2o1. The molecule has 2 amide bonds. The van der Waals surface area contributed by atoms with Gasteiger partial charge in [-0.25, -0.2) is 9.88 Å². The lowest BCUT2D eigenvalue weighted by molar-refractivity contribution is 0.0926. The Morgan fingerprint density at radius 1 is 1.04 bits per heavy atom. The first-order valence-electron chi connectivity index (χ1n) is 8.06. The molecule has 0 saturated heterocycles. The Morgan fingerprint density at radius 3 is 2.42 bits per heavy atom. The molecule has 2 heterocycles. The molecule has 1 aliphatic heterocycles. The van der Waals surface area contributed by atoms with Gasteiger partial charge in [0.2, 0.25) is 0 Å². The molecule has 0 radical (unpaired) electrons. The van der Waals surface area contributed by atoms with Crippen LogP contribution in [0.1, 0.15) is 46.4 Å². The van der Waals surface area contributed by atoms with Crippen LogP contribution in [-0.2, 0) is 6.42 Å². The van der Waals surface area contributed by atoms with Crippen molar-refractivity contribution in [3.05, 3.63) is 59.5 Å². The molecule has 0 spiro atoms. The third-order valence-corrected chi connectivity index (χ3v) is 4.21. The lowest BCUT2D eigenvalue weighted by Crippen LogP contribution is -2.29. The van der Waals surface area contributed by atoms with Crippen molar-refractivity contribution in [2.45, 2.75) is 26.2 Å². The monoisotopic (exact) mass is 320 g/mol. The van der Waals surface area contributed by atoms with Crippen molar-refractivity contribution < 1.29 is 14.0 Å². The molecular formula is C19H16N2O3. The minimum atomic E-state index is -0.305. The molecule has 0 saturated carbocycles. The molecule has 24 heavy (non-hydrogen) atoms. The van der Waals surface area contributed by atoms with E-state index < -0.39 is 0 Å². The molecule has 5 heteroatoms. The third-order valence-electron chi connectivity index (χ3n) is 4.21. The average molecular weight is 320 g/mol. The number of carbonyl (C=O) groups excluding carboxylic acids is 2. The number of hydrogen-bond acceptors (Lipinski definition) is 4. The fraction of sp³-hybridized carbons (Fsp3) is 0.211. The quantitative estimate of drug-likeness (QED) is 0.682. The lowest BCUT2D eigenvalue weighted by atomic mass is 10.1. The second-order valence-corrected chi connectivity index (χ2v) is 5.85. The number of benzene rings is 2. The Kier molecular flexibility index (Phi) is 3.41. The Hall–Kier alpha value is -2.95. The smallest absolute Gasteiger partial charge is 0.266 e. The molecule has 4 rings (SSSR count). The summed E-state index contributed by atoms with van der Waals surface area (Å²) in [6.07, 6.45) is 2.87. The van der Waals surface area contributed by atoms with Gasteiger partial charge in [-0.05, 0) is 30.7 Å². The van der Waals surface area contributed by atoms with Crippen molar-refractivity contribution >= 4 is 28.6 Å². The second-order valence-electron chi connectivity index (χ2n) is 5.85. The normalized spacial score (nSPS) is 13.8. The number of nitrogens with zero attached hydrogens (tertiary/aromatic N) is 2. The van der Waals surface area contributed by atoms with E-state index >= 15 is 0 Å². The number of amides is 2. The van der Waals surface area contributed by atoms with Crippen LogP contribution in [-0.4, -0.2) is 16.8 Å². The molecule has 0 N–H and O–H groups in total. The van der Waals surface area contributed by atoms with Crippen molar-refractivity contribution in [1.29, 1.82) is 0 Å². The number of aryl methyl sites for hydroxylation is 1. The van der Waals surface area contributed by atoms with Crippen LogP contribution in [0.5, 0.6) is 0 Å². The van der Waals surface area contributed by atoms with Gasteiger partial charge in [0.1, 0.15) is 5.52 Å². The predicted molar refractivity (Wildman–Crippen MR) is 90.2 cm³/mol. The van der Waals surface area contributed by atoms with Crippen molar-refractivity contribution in [2.75, 3.05) is 4.90 Å². The molecule has 3 aromatic rings. The van der Waals surface area contributed by atoms with Gasteiger partial charge in [0.25, 0.3) is 11.8 Å². The number of hydrogen-bond donors (Lipinski definition) is 0. The number of imide groups is 1. The van der Waals surface area contributed by atoms with Gasteiger partial charge in [-0.2, -0.15) is 0 Å². The highest BCUT2D eigenvalue weighted by atomic mass is 16.3. The van der Waals surface area contributed by atoms with Crippen LogP contribution < -0.4 is 4.90 Å². The van der Waals surface area contributed by atoms with E-state index in [2.05, 4.69) is 11.9 Å². The summed E-state index contributed by atoms with van der Waals surface area (Å²) in [6, 6.07) is 12.1. The first-order chi connectivity index (χ1) is 11.7.